The van der Waals surface area contributed by atoms with Crippen LogP contribution in [-0.4, -0.2) is 21.6 Å². The van der Waals surface area contributed by atoms with Crippen LogP contribution in [0.5, 0.6) is 0 Å². The first-order valence-corrected chi connectivity index (χ1v) is 7.13. The number of rotatable bonds is 2. The molecule has 0 N–H and O–H groups in total. The average molecular weight is 292 g/mol. The van der Waals surface area contributed by atoms with Gasteiger partial charge >= 0.3 is 0 Å². The molecule has 1 aliphatic rings. The van der Waals surface area contributed by atoms with Gasteiger partial charge < -0.3 is 0 Å². The summed E-state index contributed by atoms with van der Waals surface area (Å²) in [5.74, 6) is 1.14. The van der Waals surface area contributed by atoms with Crippen molar-refractivity contribution in [2.24, 2.45) is 0 Å². The van der Waals surface area contributed by atoms with Crippen LogP contribution in [0.25, 0.3) is 0 Å². The Morgan fingerprint density at radius 3 is 2.74 bits per heavy atom. The molecule has 2 aromatic rings. The Morgan fingerprint density at radius 2 is 2.05 bits per heavy atom. The number of aromatic nitrogens is 2. The summed E-state index contributed by atoms with van der Waals surface area (Å²) >= 11 is 7.42. The van der Waals surface area contributed by atoms with Crippen LogP contribution >= 0.6 is 23.4 Å². The Morgan fingerprint density at radius 1 is 1.26 bits per heavy atom. The van der Waals surface area contributed by atoms with Gasteiger partial charge in [-0.05, 0) is 29.8 Å². The van der Waals surface area contributed by atoms with Gasteiger partial charge in [-0.25, -0.2) is 4.98 Å². The van der Waals surface area contributed by atoms with Crippen LogP contribution in [0.1, 0.15) is 10.9 Å². The number of carbonyl (C=O) groups is 1. The van der Waals surface area contributed by atoms with E-state index >= 15 is 0 Å². The molecule has 1 unspecified atom stereocenters. The van der Waals surface area contributed by atoms with Crippen LogP contribution in [-0.2, 0) is 4.79 Å². The quantitative estimate of drug-likeness (QED) is 0.853. The van der Waals surface area contributed by atoms with Gasteiger partial charge in [0.1, 0.15) is 11.2 Å². The van der Waals surface area contributed by atoms with Gasteiger partial charge in [0.2, 0.25) is 5.91 Å². The molecule has 1 aliphatic heterocycles. The van der Waals surface area contributed by atoms with Gasteiger partial charge in [-0.2, -0.15) is 0 Å². The van der Waals surface area contributed by atoms with Crippen molar-refractivity contribution < 1.29 is 4.79 Å². The van der Waals surface area contributed by atoms with Crippen molar-refractivity contribution in [3.05, 3.63) is 53.4 Å². The molecule has 0 spiro atoms. The Kier molecular flexibility index (Phi) is 3.40. The third-order valence-electron chi connectivity index (χ3n) is 2.82. The van der Waals surface area contributed by atoms with Crippen molar-refractivity contribution in [3.8, 4) is 0 Å². The van der Waals surface area contributed by atoms with E-state index in [-0.39, 0.29) is 11.3 Å². The van der Waals surface area contributed by atoms with E-state index in [1.165, 1.54) is 0 Å². The minimum Gasteiger partial charge on any atom is -0.279 e. The summed E-state index contributed by atoms with van der Waals surface area (Å²) in [4.78, 5) is 22.0. The third-order valence-corrected chi connectivity index (χ3v) is 4.25. The van der Waals surface area contributed by atoms with Gasteiger partial charge in [0.05, 0.1) is 10.8 Å². The second-order valence-corrected chi connectivity index (χ2v) is 5.55. The summed E-state index contributed by atoms with van der Waals surface area (Å²) in [7, 11) is 0. The topological polar surface area (TPSA) is 46.1 Å². The van der Waals surface area contributed by atoms with Crippen LogP contribution in [0.4, 0.5) is 5.82 Å². The van der Waals surface area contributed by atoms with E-state index in [1.807, 2.05) is 12.1 Å². The number of anilines is 1. The van der Waals surface area contributed by atoms with Gasteiger partial charge in [0.25, 0.3) is 0 Å². The minimum absolute atomic E-state index is 0.0517. The smallest absolute Gasteiger partial charge is 0.239 e. The number of amides is 1. The lowest BCUT2D eigenvalue weighted by Gasteiger charge is -2.23. The number of hydrogen-bond acceptors (Lipinski definition) is 4. The molecule has 6 heteroatoms. The van der Waals surface area contributed by atoms with Crippen LogP contribution in [0.2, 0.25) is 5.02 Å². The lowest BCUT2D eigenvalue weighted by molar-refractivity contribution is -0.115. The Bertz CT molecular complexity index is 591. The molecule has 19 heavy (non-hydrogen) atoms. The summed E-state index contributed by atoms with van der Waals surface area (Å²) in [5.41, 5.74) is 1.04. The molecule has 3 rings (SSSR count). The maximum atomic E-state index is 12.1. The SMILES string of the molecule is O=C1CSC(c2ccncc2)N1c1ccc(Cl)cn1. The number of nitrogens with zero attached hydrogens (tertiary/aromatic N) is 3. The monoisotopic (exact) mass is 291 g/mol. The van der Waals surface area contributed by atoms with Crippen molar-refractivity contribution in [2.75, 3.05) is 10.7 Å². The number of pyridine rings is 2. The van der Waals surface area contributed by atoms with Crippen LogP contribution < -0.4 is 4.90 Å². The number of hydrogen-bond donors (Lipinski definition) is 0. The van der Waals surface area contributed by atoms with Gasteiger partial charge in [-0.15, -0.1) is 11.8 Å². The summed E-state index contributed by atoms with van der Waals surface area (Å²) in [6, 6.07) is 7.34. The van der Waals surface area contributed by atoms with Crippen LogP contribution in [0.15, 0.2) is 42.9 Å². The van der Waals surface area contributed by atoms with E-state index in [9.17, 15) is 4.79 Å². The molecule has 1 fully saturated rings. The lowest BCUT2D eigenvalue weighted by atomic mass is 10.2. The fraction of sp³-hybridized carbons (Fsp3) is 0.154. The fourth-order valence-corrected chi connectivity index (χ4v) is 3.23. The van der Waals surface area contributed by atoms with E-state index < -0.39 is 0 Å². The van der Waals surface area contributed by atoms with Crippen LogP contribution in [0, 0.1) is 0 Å². The standard InChI is InChI=1S/C13H10ClN3OS/c14-10-1-2-11(16-7-10)17-12(18)8-19-13(17)9-3-5-15-6-4-9/h1-7,13H,8H2. The third kappa shape index (κ3) is 2.43. The van der Waals surface area contributed by atoms with Crippen molar-refractivity contribution in [3.63, 3.8) is 0 Å². The van der Waals surface area contributed by atoms with Gasteiger partial charge in [0.15, 0.2) is 0 Å². The molecular formula is C13H10ClN3OS. The molecule has 1 saturated heterocycles. The van der Waals surface area contributed by atoms with Crippen molar-refractivity contribution in [1.82, 2.24) is 9.97 Å². The molecular weight excluding hydrogens is 282 g/mol. The van der Waals surface area contributed by atoms with E-state index in [4.69, 9.17) is 11.6 Å². The summed E-state index contributed by atoms with van der Waals surface area (Å²) in [6.07, 6.45) is 5.01. The van der Waals surface area contributed by atoms with E-state index in [2.05, 4.69) is 9.97 Å². The van der Waals surface area contributed by atoms with Crippen molar-refractivity contribution >= 4 is 35.1 Å². The lowest BCUT2D eigenvalue weighted by Crippen LogP contribution is -2.28. The first kappa shape index (κ1) is 12.4. The molecule has 96 valence electrons. The van der Waals surface area contributed by atoms with E-state index in [0.717, 1.165) is 5.56 Å². The molecule has 3 heterocycles. The molecule has 2 aromatic heterocycles. The van der Waals surface area contributed by atoms with E-state index in [1.54, 1.807) is 47.4 Å². The Hall–Kier alpha value is -1.59. The summed E-state index contributed by atoms with van der Waals surface area (Å²) in [6.45, 7) is 0. The first-order chi connectivity index (χ1) is 9.25. The number of carbonyl (C=O) groups excluding carboxylic acids is 1. The minimum atomic E-state index is -0.0517. The summed E-state index contributed by atoms with van der Waals surface area (Å²) < 4.78 is 0. The highest BCUT2D eigenvalue weighted by Gasteiger charge is 2.34. The van der Waals surface area contributed by atoms with Crippen molar-refractivity contribution in [2.45, 2.75) is 5.37 Å². The van der Waals surface area contributed by atoms with Crippen LogP contribution in [0.3, 0.4) is 0 Å². The normalized spacial score (nSPS) is 18.9. The predicted molar refractivity (Wildman–Crippen MR) is 76.2 cm³/mol. The molecule has 0 radical (unpaired) electrons. The zero-order valence-electron chi connectivity index (χ0n) is 9.86. The molecule has 1 amide bonds. The molecule has 0 saturated carbocycles. The van der Waals surface area contributed by atoms with Gasteiger partial charge in [-0.1, -0.05) is 11.6 Å². The van der Waals surface area contributed by atoms with E-state index in [0.29, 0.717) is 16.6 Å². The second-order valence-electron chi connectivity index (χ2n) is 4.04. The van der Waals surface area contributed by atoms with Crippen molar-refractivity contribution in [1.29, 1.82) is 0 Å². The highest BCUT2D eigenvalue weighted by Crippen LogP contribution is 2.40. The largest absolute Gasteiger partial charge is 0.279 e. The second kappa shape index (κ2) is 5.19. The van der Waals surface area contributed by atoms with Gasteiger partial charge in [-0.3, -0.25) is 14.7 Å². The molecule has 4 nitrogen and oxygen atoms in total. The molecule has 0 aromatic carbocycles. The molecule has 1 atom stereocenters. The predicted octanol–water partition coefficient (Wildman–Crippen LogP) is 2.91. The van der Waals surface area contributed by atoms with Gasteiger partial charge in [0, 0.05) is 18.6 Å². The maximum Gasteiger partial charge on any atom is 0.239 e. The first-order valence-electron chi connectivity index (χ1n) is 5.71. The Balaban J connectivity index is 1.97. The number of halogens is 1. The molecule has 0 bridgehead atoms. The highest BCUT2D eigenvalue weighted by molar-refractivity contribution is 8.00. The summed E-state index contributed by atoms with van der Waals surface area (Å²) in [5, 5.41) is 0.507. The maximum absolute atomic E-state index is 12.1. The molecule has 0 aliphatic carbocycles. The average Bonchev–Trinajstić information content (AvgIpc) is 2.83. The Labute approximate surface area is 119 Å². The number of thioether (sulfide) groups is 1. The zero-order valence-corrected chi connectivity index (χ0v) is 11.4. The fourth-order valence-electron chi connectivity index (χ4n) is 1.96. The zero-order chi connectivity index (χ0) is 13.2. The highest BCUT2D eigenvalue weighted by atomic mass is 35.5.